The molecule has 0 bridgehead atoms. The Morgan fingerprint density at radius 3 is 2.62 bits per heavy atom. The summed E-state index contributed by atoms with van der Waals surface area (Å²) in [6, 6.07) is 4.89. The Kier molecular flexibility index (Phi) is 6.68. The number of aryl methyl sites for hydroxylation is 1. The third kappa shape index (κ3) is 5.43. The van der Waals surface area contributed by atoms with Crippen molar-refractivity contribution < 1.29 is 19.1 Å². The predicted molar refractivity (Wildman–Crippen MR) is 80.2 cm³/mol. The van der Waals surface area contributed by atoms with Gasteiger partial charge in [-0.1, -0.05) is 6.07 Å². The lowest BCUT2D eigenvalue weighted by Gasteiger charge is -2.12. The Morgan fingerprint density at radius 2 is 2.05 bits per heavy atom. The molecule has 116 valence electrons. The van der Waals surface area contributed by atoms with Crippen molar-refractivity contribution in [3.05, 3.63) is 23.8 Å². The van der Waals surface area contributed by atoms with Gasteiger partial charge in [-0.2, -0.15) is 0 Å². The number of nitrogens with one attached hydrogen (secondary N) is 1. The molecule has 1 aromatic rings. The first-order valence-electron chi connectivity index (χ1n) is 6.75. The van der Waals surface area contributed by atoms with Gasteiger partial charge in [-0.3, -0.25) is 9.59 Å². The van der Waals surface area contributed by atoms with Crippen molar-refractivity contribution in [2.75, 3.05) is 19.5 Å². The molecule has 0 aromatic heterocycles. The molecule has 6 heteroatoms. The van der Waals surface area contributed by atoms with E-state index in [-0.39, 0.29) is 5.91 Å². The van der Waals surface area contributed by atoms with Gasteiger partial charge in [0, 0.05) is 18.7 Å². The van der Waals surface area contributed by atoms with E-state index in [9.17, 15) is 9.59 Å². The second kappa shape index (κ2) is 8.26. The van der Waals surface area contributed by atoms with Crippen LogP contribution in [-0.4, -0.2) is 32.1 Å². The third-order valence-corrected chi connectivity index (χ3v) is 3.07. The molecule has 1 unspecified atom stereocenters. The zero-order valence-electron chi connectivity index (χ0n) is 12.6. The summed E-state index contributed by atoms with van der Waals surface area (Å²) < 4.78 is 9.90. The minimum atomic E-state index is -0.598. The molecule has 0 fully saturated rings. The van der Waals surface area contributed by atoms with Crippen molar-refractivity contribution in [2.45, 2.75) is 32.2 Å². The molecule has 0 aliphatic heterocycles. The number of rotatable bonds is 7. The second-order valence-corrected chi connectivity index (χ2v) is 4.73. The zero-order chi connectivity index (χ0) is 15.8. The van der Waals surface area contributed by atoms with Gasteiger partial charge < -0.3 is 20.5 Å². The van der Waals surface area contributed by atoms with Crippen molar-refractivity contribution in [1.29, 1.82) is 0 Å². The van der Waals surface area contributed by atoms with E-state index >= 15 is 0 Å². The second-order valence-electron chi connectivity index (χ2n) is 4.73. The van der Waals surface area contributed by atoms with Crippen LogP contribution < -0.4 is 15.8 Å². The Hall–Kier alpha value is -2.08. The van der Waals surface area contributed by atoms with Crippen molar-refractivity contribution >= 4 is 17.6 Å². The lowest BCUT2D eigenvalue weighted by molar-refractivity contribution is -0.142. The molecule has 1 aromatic carbocycles. The smallest absolute Gasteiger partial charge is 0.322 e. The predicted octanol–water partition coefficient (Wildman–Crippen LogP) is 1.48. The minimum absolute atomic E-state index is 0.131. The van der Waals surface area contributed by atoms with Gasteiger partial charge in [-0.25, -0.2) is 0 Å². The normalized spacial score (nSPS) is 11.6. The number of benzene rings is 1. The van der Waals surface area contributed by atoms with Crippen molar-refractivity contribution in [3.63, 3.8) is 0 Å². The number of methoxy groups -OCH3 is 2. The Bertz CT molecular complexity index is 502. The number of nitrogens with two attached hydrogens (primary N) is 1. The maximum absolute atomic E-state index is 11.2. The van der Waals surface area contributed by atoms with Gasteiger partial charge in [0.2, 0.25) is 5.91 Å². The quantitative estimate of drug-likeness (QED) is 0.743. The van der Waals surface area contributed by atoms with Crippen molar-refractivity contribution in [1.82, 2.24) is 0 Å². The molecule has 1 atom stereocenters. The number of hydrogen-bond donors (Lipinski definition) is 2. The molecule has 0 radical (unpaired) electrons. The maximum Gasteiger partial charge on any atom is 0.322 e. The summed E-state index contributed by atoms with van der Waals surface area (Å²) in [5.74, 6) is 0.171. The fourth-order valence-electron chi connectivity index (χ4n) is 2.01. The molecule has 0 heterocycles. The van der Waals surface area contributed by atoms with Gasteiger partial charge >= 0.3 is 5.97 Å². The first kappa shape index (κ1) is 17.0. The highest BCUT2D eigenvalue weighted by atomic mass is 16.5. The fraction of sp³-hybridized carbons (Fsp3) is 0.467. The minimum Gasteiger partial charge on any atom is -0.496 e. The van der Waals surface area contributed by atoms with Crippen LogP contribution in [-0.2, 0) is 20.7 Å². The molecule has 0 spiro atoms. The molecule has 21 heavy (non-hydrogen) atoms. The SMILES string of the molecule is COC(=O)C(N)CCCc1ccc(NC(C)=O)cc1OC. The first-order chi connectivity index (χ1) is 9.97. The highest BCUT2D eigenvalue weighted by Gasteiger charge is 2.13. The summed E-state index contributed by atoms with van der Waals surface area (Å²) in [5.41, 5.74) is 7.38. The summed E-state index contributed by atoms with van der Waals surface area (Å²) in [6.07, 6.45) is 2.02. The molecule has 0 aliphatic carbocycles. The average molecular weight is 294 g/mol. The zero-order valence-corrected chi connectivity index (χ0v) is 12.6. The Labute approximate surface area is 124 Å². The number of hydrogen-bond acceptors (Lipinski definition) is 5. The summed E-state index contributed by atoms with van der Waals surface area (Å²) in [5, 5.41) is 2.70. The van der Waals surface area contributed by atoms with Crippen LogP contribution in [0, 0.1) is 0 Å². The van der Waals surface area contributed by atoms with E-state index in [1.807, 2.05) is 12.1 Å². The molecule has 1 amide bonds. The van der Waals surface area contributed by atoms with E-state index in [1.54, 1.807) is 13.2 Å². The van der Waals surface area contributed by atoms with Crippen LogP contribution in [0.15, 0.2) is 18.2 Å². The first-order valence-corrected chi connectivity index (χ1v) is 6.75. The van der Waals surface area contributed by atoms with E-state index in [0.29, 0.717) is 17.9 Å². The molecule has 3 N–H and O–H groups in total. The van der Waals surface area contributed by atoms with E-state index < -0.39 is 12.0 Å². The summed E-state index contributed by atoms with van der Waals surface area (Å²) in [6.45, 7) is 1.45. The number of carbonyl (C=O) groups is 2. The summed E-state index contributed by atoms with van der Waals surface area (Å²) in [4.78, 5) is 22.2. The molecule has 1 rings (SSSR count). The molecule has 0 saturated carbocycles. The number of carbonyl (C=O) groups excluding carboxylic acids is 2. The lowest BCUT2D eigenvalue weighted by Crippen LogP contribution is -2.31. The van der Waals surface area contributed by atoms with E-state index in [2.05, 4.69) is 10.1 Å². The van der Waals surface area contributed by atoms with Gasteiger partial charge in [0.1, 0.15) is 11.8 Å². The molecule has 0 aliphatic rings. The topological polar surface area (TPSA) is 90.6 Å². The molecule has 0 saturated heterocycles. The van der Waals surface area contributed by atoms with Crippen LogP contribution in [0.5, 0.6) is 5.75 Å². The lowest BCUT2D eigenvalue weighted by atomic mass is 10.0. The maximum atomic E-state index is 11.2. The average Bonchev–Trinajstić information content (AvgIpc) is 2.46. The van der Waals surface area contributed by atoms with Crippen LogP contribution in [0.2, 0.25) is 0 Å². The highest BCUT2D eigenvalue weighted by molar-refractivity contribution is 5.88. The van der Waals surface area contributed by atoms with Gasteiger partial charge in [-0.15, -0.1) is 0 Å². The van der Waals surface area contributed by atoms with Crippen LogP contribution in [0.3, 0.4) is 0 Å². The monoisotopic (exact) mass is 294 g/mol. The van der Waals surface area contributed by atoms with Gasteiger partial charge in [0.15, 0.2) is 0 Å². The molecule has 6 nitrogen and oxygen atoms in total. The standard InChI is InChI=1S/C15H22N2O4/c1-10(18)17-12-8-7-11(14(9-12)20-2)5-4-6-13(16)15(19)21-3/h7-9,13H,4-6,16H2,1-3H3,(H,17,18). The van der Waals surface area contributed by atoms with Gasteiger partial charge in [0.05, 0.1) is 14.2 Å². The summed E-state index contributed by atoms with van der Waals surface area (Å²) in [7, 11) is 2.91. The van der Waals surface area contributed by atoms with Crippen LogP contribution >= 0.6 is 0 Å². The Morgan fingerprint density at radius 1 is 1.33 bits per heavy atom. The van der Waals surface area contributed by atoms with Crippen LogP contribution in [0.1, 0.15) is 25.3 Å². The number of esters is 1. The van der Waals surface area contributed by atoms with Gasteiger partial charge in [-0.05, 0) is 30.9 Å². The highest BCUT2D eigenvalue weighted by Crippen LogP contribution is 2.25. The van der Waals surface area contributed by atoms with E-state index in [1.165, 1.54) is 14.0 Å². The van der Waals surface area contributed by atoms with Crippen molar-refractivity contribution in [2.24, 2.45) is 5.73 Å². The molecular weight excluding hydrogens is 272 g/mol. The fourth-order valence-corrected chi connectivity index (χ4v) is 2.01. The number of anilines is 1. The summed E-state index contributed by atoms with van der Waals surface area (Å²) >= 11 is 0. The molecular formula is C15H22N2O4. The van der Waals surface area contributed by atoms with E-state index in [0.717, 1.165) is 18.4 Å². The third-order valence-electron chi connectivity index (χ3n) is 3.07. The number of amides is 1. The largest absolute Gasteiger partial charge is 0.496 e. The van der Waals surface area contributed by atoms with Crippen LogP contribution in [0.25, 0.3) is 0 Å². The van der Waals surface area contributed by atoms with Crippen LogP contribution in [0.4, 0.5) is 5.69 Å². The van der Waals surface area contributed by atoms with Crippen molar-refractivity contribution in [3.8, 4) is 5.75 Å². The van der Waals surface area contributed by atoms with Gasteiger partial charge in [0.25, 0.3) is 0 Å². The number of ether oxygens (including phenoxy) is 2. The van der Waals surface area contributed by atoms with E-state index in [4.69, 9.17) is 10.5 Å². The Balaban J connectivity index is 2.62.